The number of carbonyl (C=O) groups is 2. The Balaban J connectivity index is 1.68. The quantitative estimate of drug-likeness (QED) is 0.679. The topological polar surface area (TPSA) is 112 Å². The maximum atomic E-state index is 12.7. The molecule has 2 amide bonds. The van der Waals surface area contributed by atoms with Crippen molar-refractivity contribution in [2.24, 2.45) is 0 Å². The first-order valence-corrected chi connectivity index (χ1v) is 10.8. The van der Waals surface area contributed by atoms with Crippen LogP contribution in [0.5, 0.6) is 5.75 Å². The van der Waals surface area contributed by atoms with Crippen molar-refractivity contribution in [1.82, 2.24) is 4.90 Å². The van der Waals surface area contributed by atoms with Crippen LogP contribution >= 0.6 is 11.3 Å². The Hall–Kier alpha value is -3.09. The number of hydrogen-bond acceptors (Lipinski definition) is 7. The summed E-state index contributed by atoms with van der Waals surface area (Å²) in [6.45, 7) is 2.42. The van der Waals surface area contributed by atoms with E-state index in [1.807, 2.05) is 31.2 Å². The molecule has 1 aromatic carbocycles. The van der Waals surface area contributed by atoms with Gasteiger partial charge in [-0.15, -0.1) is 11.3 Å². The predicted octanol–water partition coefficient (Wildman–Crippen LogP) is 3.25. The number of amides is 2. The van der Waals surface area contributed by atoms with Gasteiger partial charge in [0, 0.05) is 17.8 Å². The number of nitriles is 1. The number of aliphatic hydroxyl groups excluding tert-OH is 1. The number of fused-ring (bicyclic) bond motifs is 1. The highest BCUT2D eigenvalue weighted by molar-refractivity contribution is 7.16. The number of benzene rings is 1. The van der Waals surface area contributed by atoms with Crippen LogP contribution < -0.4 is 10.1 Å². The summed E-state index contributed by atoms with van der Waals surface area (Å²) in [5.41, 5.74) is 2.33. The third-order valence-electron chi connectivity index (χ3n) is 5.15. The van der Waals surface area contributed by atoms with Crippen LogP contribution in [0.1, 0.15) is 40.8 Å². The second kappa shape index (κ2) is 10.3. The molecule has 0 radical (unpaired) electrons. The lowest BCUT2D eigenvalue weighted by Gasteiger charge is -2.26. The van der Waals surface area contributed by atoms with Gasteiger partial charge in [-0.1, -0.05) is 19.1 Å². The van der Waals surface area contributed by atoms with Gasteiger partial charge in [-0.05, 0) is 35.6 Å². The maximum Gasteiger partial charge on any atom is 0.410 e. The number of ether oxygens (including phenoxy) is 2. The fourth-order valence-electron chi connectivity index (χ4n) is 3.51. The summed E-state index contributed by atoms with van der Waals surface area (Å²) in [6.07, 6.45) is 0.281. The normalized spacial score (nSPS) is 13.7. The van der Waals surface area contributed by atoms with Gasteiger partial charge in [-0.25, -0.2) is 4.79 Å². The number of hydrogen-bond donors (Lipinski definition) is 2. The van der Waals surface area contributed by atoms with E-state index < -0.39 is 6.09 Å². The highest BCUT2D eigenvalue weighted by Crippen LogP contribution is 2.37. The smallest absolute Gasteiger partial charge is 0.410 e. The third-order valence-corrected chi connectivity index (χ3v) is 6.28. The number of nitrogens with one attached hydrogen (secondary N) is 1. The van der Waals surface area contributed by atoms with E-state index in [-0.39, 0.29) is 31.5 Å². The minimum atomic E-state index is -0.496. The summed E-state index contributed by atoms with van der Waals surface area (Å²) in [5, 5.41) is 21.9. The second-order valence-electron chi connectivity index (χ2n) is 7.26. The number of methoxy groups -OCH3 is 1. The molecule has 0 spiro atoms. The number of aliphatic hydroxyl groups is 1. The Morgan fingerprint density at radius 2 is 2.23 bits per heavy atom. The van der Waals surface area contributed by atoms with E-state index in [2.05, 4.69) is 11.4 Å². The molecule has 1 unspecified atom stereocenters. The molecule has 8 nitrogen and oxygen atoms in total. The van der Waals surface area contributed by atoms with Crippen LogP contribution in [0.15, 0.2) is 24.3 Å². The largest absolute Gasteiger partial charge is 0.497 e. The lowest BCUT2D eigenvalue weighted by molar-refractivity contribution is -0.116. The molecule has 0 saturated heterocycles. The minimum Gasteiger partial charge on any atom is -0.497 e. The number of rotatable bonds is 7. The van der Waals surface area contributed by atoms with Crippen molar-refractivity contribution in [1.29, 1.82) is 5.26 Å². The van der Waals surface area contributed by atoms with Crippen molar-refractivity contribution in [3.05, 3.63) is 45.8 Å². The van der Waals surface area contributed by atoms with Crippen LogP contribution in [-0.4, -0.2) is 48.9 Å². The SMILES string of the molecule is COc1cccc(C(C)CC(=O)Nc2sc3c(c2C#N)CCN(C(=O)OCCO)C3)c1. The molecule has 2 heterocycles. The Labute approximate surface area is 185 Å². The van der Waals surface area contributed by atoms with E-state index in [1.165, 1.54) is 16.2 Å². The first-order valence-electron chi connectivity index (χ1n) is 9.97. The van der Waals surface area contributed by atoms with E-state index in [0.29, 0.717) is 30.1 Å². The standard InChI is InChI=1S/C22H25N3O5S/c1-14(15-4-3-5-16(11-15)29-2)10-20(27)24-21-18(12-23)17-6-7-25(13-19(17)31-21)22(28)30-9-8-26/h3-5,11,14,26H,6-10,13H2,1-2H3,(H,24,27). The summed E-state index contributed by atoms with van der Waals surface area (Å²) >= 11 is 1.32. The summed E-state index contributed by atoms with van der Waals surface area (Å²) in [6, 6.07) is 9.81. The van der Waals surface area contributed by atoms with Crippen LogP contribution in [-0.2, 0) is 22.5 Å². The Bertz CT molecular complexity index is 998. The average molecular weight is 444 g/mol. The van der Waals surface area contributed by atoms with E-state index in [9.17, 15) is 14.9 Å². The summed E-state index contributed by atoms with van der Waals surface area (Å²) in [7, 11) is 1.60. The number of carbonyl (C=O) groups excluding carboxylic acids is 2. The molecule has 0 bridgehead atoms. The summed E-state index contributed by atoms with van der Waals surface area (Å²) < 4.78 is 10.2. The molecule has 0 aliphatic carbocycles. The zero-order valence-electron chi connectivity index (χ0n) is 17.5. The van der Waals surface area contributed by atoms with Gasteiger partial charge in [0.05, 0.1) is 25.8 Å². The van der Waals surface area contributed by atoms with Crippen molar-refractivity contribution in [3.63, 3.8) is 0 Å². The van der Waals surface area contributed by atoms with Crippen molar-refractivity contribution < 1.29 is 24.2 Å². The van der Waals surface area contributed by atoms with Gasteiger partial charge in [0.1, 0.15) is 23.4 Å². The number of nitrogens with zero attached hydrogens (tertiary/aromatic N) is 2. The predicted molar refractivity (Wildman–Crippen MR) is 116 cm³/mol. The molecule has 0 fully saturated rings. The molecule has 3 rings (SSSR count). The first-order chi connectivity index (χ1) is 15.0. The Kier molecular flexibility index (Phi) is 7.50. The van der Waals surface area contributed by atoms with Gasteiger partial charge in [0.25, 0.3) is 0 Å². The monoisotopic (exact) mass is 443 g/mol. The fraction of sp³-hybridized carbons (Fsp3) is 0.409. The van der Waals surface area contributed by atoms with Crippen molar-refractivity contribution >= 4 is 28.3 Å². The molecule has 1 aliphatic heterocycles. The second-order valence-corrected chi connectivity index (χ2v) is 8.36. The molecule has 164 valence electrons. The fourth-order valence-corrected chi connectivity index (χ4v) is 4.74. The number of thiophene rings is 1. The highest BCUT2D eigenvalue weighted by Gasteiger charge is 2.28. The van der Waals surface area contributed by atoms with Crippen molar-refractivity contribution in [2.75, 3.05) is 32.2 Å². The van der Waals surface area contributed by atoms with Gasteiger partial charge in [0.15, 0.2) is 0 Å². The van der Waals surface area contributed by atoms with Crippen molar-refractivity contribution in [3.8, 4) is 11.8 Å². The van der Waals surface area contributed by atoms with Gasteiger partial charge in [-0.3, -0.25) is 4.79 Å². The van der Waals surface area contributed by atoms with Crippen LogP contribution in [0.25, 0.3) is 0 Å². The van der Waals surface area contributed by atoms with E-state index in [4.69, 9.17) is 14.6 Å². The molecule has 1 aliphatic rings. The first kappa shape index (κ1) is 22.6. The highest BCUT2D eigenvalue weighted by atomic mass is 32.1. The summed E-state index contributed by atoms with van der Waals surface area (Å²) in [4.78, 5) is 27.1. The zero-order valence-corrected chi connectivity index (χ0v) is 18.3. The Morgan fingerprint density at radius 1 is 1.42 bits per heavy atom. The average Bonchev–Trinajstić information content (AvgIpc) is 3.13. The Morgan fingerprint density at radius 3 is 2.94 bits per heavy atom. The third kappa shape index (κ3) is 5.34. The van der Waals surface area contributed by atoms with Crippen molar-refractivity contribution in [2.45, 2.75) is 32.2 Å². The van der Waals surface area contributed by atoms with Crippen LogP contribution in [0, 0.1) is 11.3 Å². The van der Waals surface area contributed by atoms with E-state index in [0.717, 1.165) is 21.8 Å². The lowest BCUT2D eigenvalue weighted by atomic mass is 9.97. The van der Waals surface area contributed by atoms with Crippen LogP contribution in [0.3, 0.4) is 0 Å². The van der Waals surface area contributed by atoms with Gasteiger partial charge >= 0.3 is 6.09 Å². The van der Waals surface area contributed by atoms with Gasteiger partial charge in [-0.2, -0.15) is 5.26 Å². The lowest BCUT2D eigenvalue weighted by Crippen LogP contribution is -2.36. The molecule has 2 aromatic rings. The zero-order chi connectivity index (χ0) is 22.4. The molecule has 31 heavy (non-hydrogen) atoms. The molecule has 1 aromatic heterocycles. The van der Waals surface area contributed by atoms with E-state index >= 15 is 0 Å². The van der Waals surface area contributed by atoms with Gasteiger partial charge < -0.3 is 24.8 Å². The van der Waals surface area contributed by atoms with E-state index in [1.54, 1.807) is 7.11 Å². The molecular weight excluding hydrogens is 418 g/mol. The van der Waals surface area contributed by atoms with Crippen LogP contribution in [0.2, 0.25) is 0 Å². The van der Waals surface area contributed by atoms with Crippen LogP contribution in [0.4, 0.5) is 9.80 Å². The minimum absolute atomic E-state index is 0.0213. The number of anilines is 1. The summed E-state index contributed by atoms with van der Waals surface area (Å²) in [5.74, 6) is 0.543. The molecule has 0 saturated carbocycles. The molecular formula is C22H25N3O5S. The molecule has 1 atom stereocenters. The maximum absolute atomic E-state index is 12.7. The molecule has 9 heteroatoms. The molecule has 2 N–H and O–H groups in total. The van der Waals surface area contributed by atoms with Gasteiger partial charge in [0.2, 0.25) is 5.91 Å².